The molecule has 0 radical (unpaired) electrons. The minimum atomic E-state index is -3.84. The monoisotopic (exact) mass is 309 g/mol. The van der Waals surface area contributed by atoms with Crippen LogP contribution in [0.3, 0.4) is 0 Å². The normalized spacial score (nSPS) is 11.0. The molecule has 1 aromatic heterocycles. The van der Waals surface area contributed by atoms with E-state index in [1.165, 1.54) is 24.5 Å². The lowest BCUT2D eigenvalue weighted by Gasteiger charge is -2.06. The molecule has 6 nitrogen and oxygen atoms in total. The van der Waals surface area contributed by atoms with E-state index < -0.39 is 15.8 Å². The summed E-state index contributed by atoms with van der Waals surface area (Å²) in [4.78, 5) is -0.193. The number of aromatic nitrogens is 1. The Labute approximate surface area is 121 Å². The third kappa shape index (κ3) is 3.88. The molecule has 3 N–H and O–H groups in total. The Bertz CT molecular complexity index is 777. The van der Waals surface area contributed by atoms with Crippen molar-refractivity contribution in [3.63, 3.8) is 0 Å². The van der Waals surface area contributed by atoms with E-state index in [4.69, 9.17) is 5.73 Å². The molecule has 0 aliphatic heterocycles. The van der Waals surface area contributed by atoms with E-state index in [0.717, 1.165) is 6.07 Å². The lowest BCUT2D eigenvalue weighted by Crippen LogP contribution is -2.23. The van der Waals surface area contributed by atoms with Crippen LogP contribution in [-0.4, -0.2) is 20.1 Å². The molecule has 21 heavy (non-hydrogen) atoms. The summed E-state index contributed by atoms with van der Waals surface area (Å²) in [6.45, 7) is 0.0495. The van der Waals surface area contributed by atoms with Gasteiger partial charge in [0.15, 0.2) is 0 Å². The molecule has 2 aromatic rings. The second kappa shape index (κ2) is 6.49. The predicted octanol–water partition coefficient (Wildman–Crippen LogP) is 0.602. The largest absolute Gasteiger partial charge is 0.364 e. The number of sulfonamides is 1. The van der Waals surface area contributed by atoms with Crippen LogP contribution < -0.4 is 10.5 Å². The highest BCUT2D eigenvalue weighted by atomic mass is 32.2. The first-order valence-electron chi connectivity index (χ1n) is 5.90. The van der Waals surface area contributed by atoms with E-state index in [2.05, 4.69) is 26.2 Å². The molecule has 110 valence electrons. The van der Waals surface area contributed by atoms with Gasteiger partial charge in [0.05, 0.1) is 29.2 Å². The van der Waals surface area contributed by atoms with Crippen LogP contribution in [0, 0.1) is 17.7 Å². The summed E-state index contributed by atoms with van der Waals surface area (Å²) in [7, 11) is -3.84. The van der Waals surface area contributed by atoms with Crippen molar-refractivity contribution >= 4 is 10.0 Å². The van der Waals surface area contributed by atoms with E-state index in [1.807, 2.05) is 0 Å². The van der Waals surface area contributed by atoms with Crippen LogP contribution in [0.4, 0.5) is 4.39 Å². The van der Waals surface area contributed by atoms with Gasteiger partial charge in [-0.15, -0.1) is 0 Å². The van der Waals surface area contributed by atoms with Gasteiger partial charge in [-0.1, -0.05) is 17.0 Å². The molecule has 0 spiro atoms. The Balaban J connectivity index is 2.18. The molecule has 1 heterocycles. The fourth-order valence-electron chi connectivity index (χ4n) is 1.49. The van der Waals surface area contributed by atoms with Gasteiger partial charge in [0.25, 0.3) is 0 Å². The van der Waals surface area contributed by atoms with E-state index in [1.54, 1.807) is 0 Å². The highest BCUT2D eigenvalue weighted by Crippen LogP contribution is 2.14. The van der Waals surface area contributed by atoms with Gasteiger partial charge in [-0.25, -0.2) is 17.5 Å². The van der Waals surface area contributed by atoms with Crippen LogP contribution in [0.25, 0.3) is 0 Å². The summed E-state index contributed by atoms with van der Waals surface area (Å²) < 4.78 is 44.7. The van der Waals surface area contributed by atoms with Crippen LogP contribution in [-0.2, 0) is 16.6 Å². The summed E-state index contributed by atoms with van der Waals surface area (Å²) in [5, 5.41) is 3.57. The number of nitrogens with zero attached hydrogens (tertiary/aromatic N) is 1. The molecule has 0 saturated heterocycles. The van der Waals surface area contributed by atoms with Crippen molar-refractivity contribution in [3.05, 3.63) is 47.6 Å². The van der Waals surface area contributed by atoms with Crippen molar-refractivity contribution in [3.8, 4) is 11.8 Å². The molecular formula is C13H12FN3O3S. The predicted molar refractivity (Wildman–Crippen MR) is 72.9 cm³/mol. The maximum absolute atomic E-state index is 13.8. The van der Waals surface area contributed by atoms with Crippen molar-refractivity contribution in [2.45, 2.75) is 11.4 Å². The molecule has 0 aliphatic carbocycles. The molecule has 0 atom stereocenters. The maximum Gasteiger partial charge on any atom is 0.241 e. The molecule has 0 saturated carbocycles. The minimum Gasteiger partial charge on any atom is -0.364 e. The zero-order valence-electron chi connectivity index (χ0n) is 10.8. The quantitative estimate of drug-likeness (QED) is 0.806. The molecule has 0 fully saturated rings. The number of hydrogen-bond donors (Lipinski definition) is 2. The number of hydrogen-bond acceptors (Lipinski definition) is 5. The SMILES string of the molecule is NCC#Cc1ccc(S(=O)(=O)NCc2ccon2)cc1F. The van der Waals surface area contributed by atoms with E-state index in [0.29, 0.717) is 5.69 Å². The Morgan fingerprint density at radius 1 is 1.38 bits per heavy atom. The molecule has 0 unspecified atom stereocenters. The van der Waals surface area contributed by atoms with Crippen molar-refractivity contribution in [2.24, 2.45) is 5.73 Å². The summed E-state index contributed by atoms with van der Waals surface area (Å²) in [6.07, 6.45) is 1.33. The van der Waals surface area contributed by atoms with Crippen LogP contribution in [0.2, 0.25) is 0 Å². The first-order valence-corrected chi connectivity index (χ1v) is 7.38. The van der Waals surface area contributed by atoms with Crippen molar-refractivity contribution in [1.29, 1.82) is 0 Å². The Hall–Kier alpha value is -2.21. The van der Waals surface area contributed by atoms with Crippen molar-refractivity contribution in [1.82, 2.24) is 9.88 Å². The molecule has 0 aliphatic rings. The number of rotatable bonds is 4. The highest BCUT2D eigenvalue weighted by Gasteiger charge is 2.16. The minimum absolute atomic E-state index is 0.0464. The van der Waals surface area contributed by atoms with Crippen LogP contribution in [0.15, 0.2) is 39.9 Å². The Morgan fingerprint density at radius 2 is 2.19 bits per heavy atom. The highest BCUT2D eigenvalue weighted by molar-refractivity contribution is 7.89. The number of benzene rings is 1. The maximum atomic E-state index is 13.8. The van der Waals surface area contributed by atoms with Gasteiger partial charge >= 0.3 is 0 Å². The van der Waals surface area contributed by atoms with Crippen LogP contribution in [0.5, 0.6) is 0 Å². The van der Waals surface area contributed by atoms with E-state index in [-0.39, 0.29) is 23.5 Å². The van der Waals surface area contributed by atoms with E-state index in [9.17, 15) is 12.8 Å². The second-order valence-electron chi connectivity index (χ2n) is 3.96. The van der Waals surface area contributed by atoms with E-state index >= 15 is 0 Å². The number of nitrogens with one attached hydrogen (secondary N) is 1. The second-order valence-corrected chi connectivity index (χ2v) is 5.73. The van der Waals surface area contributed by atoms with Crippen LogP contribution >= 0.6 is 0 Å². The lowest BCUT2D eigenvalue weighted by atomic mass is 10.2. The first kappa shape index (κ1) is 15.2. The van der Waals surface area contributed by atoms with Gasteiger partial charge in [-0.05, 0) is 18.2 Å². The first-order chi connectivity index (χ1) is 10.0. The van der Waals surface area contributed by atoms with Gasteiger partial charge in [0.1, 0.15) is 12.1 Å². The number of nitrogens with two attached hydrogens (primary N) is 1. The lowest BCUT2D eigenvalue weighted by molar-refractivity contribution is 0.411. The standard InChI is InChI=1S/C13H12FN3O3S/c14-13-8-12(4-3-10(13)2-1-6-15)21(18,19)16-9-11-5-7-20-17-11/h3-5,7-8,16H,6,9,15H2. The third-order valence-corrected chi connectivity index (χ3v) is 3.91. The fourth-order valence-corrected chi connectivity index (χ4v) is 2.50. The summed E-state index contributed by atoms with van der Waals surface area (Å²) in [6, 6.07) is 5.00. The van der Waals surface area contributed by atoms with Crippen LogP contribution in [0.1, 0.15) is 11.3 Å². The van der Waals surface area contributed by atoms with Gasteiger partial charge in [-0.2, -0.15) is 0 Å². The smallest absolute Gasteiger partial charge is 0.241 e. The number of halogens is 1. The topological polar surface area (TPSA) is 98.2 Å². The summed E-state index contributed by atoms with van der Waals surface area (Å²) in [5.41, 5.74) is 5.71. The zero-order valence-corrected chi connectivity index (χ0v) is 11.7. The van der Waals surface area contributed by atoms with Gasteiger partial charge in [0, 0.05) is 6.07 Å². The average Bonchev–Trinajstić information content (AvgIpc) is 2.97. The van der Waals surface area contributed by atoms with Crippen molar-refractivity contribution in [2.75, 3.05) is 6.54 Å². The van der Waals surface area contributed by atoms with Gasteiger partial charge in [-0.3, -0.25) is 0 Å². The van der Waals surface area contributed by atoms with Gasteiger partial charge < -0.3 is 10.3 Å². The Morgan fingerprint density at radius 3 is 2.81 bits per heavy atom. The molecule has 8 heteroatoms. The molecular weight excluding hydrogens is 297 g/mol. The molecule has 0 bridgehead atoms. The summed E-state index contributed by atoms with van der Waals surface area (Å²) in [5.74, 6) is 4.30. The zero-order chi connectivity index (χ0) is 15.3. The third-order valence-electron chi connectivity index (χ3n) is 2.51. The molecule has 1 aromatic carbocycles. The molecule has 0 amide bonds. The summed E-state index contributed by atoms with van der Waals surface area (Å²) >= 11 is 0. The fraction of sp³-hybridized carbons (Fsp3) is 0.154. The van der Waals surface area contributed by atoms with Gasteiger partial charge in [0.2, 0.25) is 10.0 Å². The Kier molecular flexibility index (Phi) is 4.70. The van der Waals surface area contributed by atoms with Crippen molar-refractivity contribution < 1.29 is 17.3 Å². The molecule has 2 rings (SSSR count). The average molecular weight is 309 g/mol.